The van der Waals surface area contributed by atoms with E-state index >= 15 is 0 Å². The lowest BCUT2D eigenvalue weighted by Crippen LogP contribution is -2.21. The van der Waals surface area contributed by atoms with Crippen LogP contribution in [0.5, 0.6) is 0 Å². The molecule has 1 atom stereocenters. The van der Waals surface area contributed by atoms with E-state index in [0.29, 0.717) is 13.0 Å². The first-order valence-corrected chi connectivity index (χ1v) is 6.89. The number of aliphatic hydroxyl groups is 1. The van der Waals surface area contributed by atoms with Crippen molar-refractivity contribution in [2.75, 3.05) is 17.7 Å². The lowest BCUT2D eigenvalue weighted by Gasteiger charge is -2.15. The van der Waals surface area contributed by atoms with Crippen LogP contribution in [0.3, 0.4) is 0 Å². The summed E-state index contributed by atoms with van der Waals surface area (Å²) >= 11 is 5.57. The number of carbonyl (C=O) groups is 1. The molecule has 0 aromatic heterocycles. The van der Waals surface area contributed by atoms with E-state index in [1.807, 2.05) is 18.2 Å². The van der Waals surface area contributed by atoms with Gasteiger partial charge in [-0.15, -0.1) is 11.6 Å². The van der Waals surface area contributed by atoms with Gasteiger partial charge in [0.05, 0.1) is 12.0 Å². The quantitative estimate of drug-likeness (QED) is 0.651. The third kappa shape index (κ3) is 3.03. The van der Waals surface area contributed by atoms with Crippen LogP contribution in [-0.4, -0.2) is 29.4 Å². The first-order valence-electron chi connectivity index (χ1n) is 6.35. The largest absolute Gasteiger partial charge is 0.390 e. The molecule has 0 radical (unpaired) electrons. The average Bonchev–Trinajstić information content (AvgIpc) is 2.58. The highest BCUT2D eigenvalue weighted by molar-refractivity contribution is 6.18. The van der Waals surface area contributed by atoms with Crippen molar-refractivity contribution >= 4 is 23.1 Å². The highest BCUT2D eigenvalue weighted by atomic mass is 35.5. The molecule has 0 aliphatic heterocycles. The summed E-state index contributed by atoms with van der Waals surface area (Å²) in [4.78, 5) is 12.0. The van der Waals surface area contributed by atoms with E-state index in [9.17, 15) is 9.90 Å². The summed E-state index contributed by atoms with van der Waals surface area (Å²) < 4.78 is 0. The van der Waals surface area contributed by atoms with Crippen LogP contribution < -0.4 is 5.32 Å². The number of alkyl halides is 1. The Hall–Kier alpha value is -1.06. The van der Waals surface area contributed by atoms with Crippen molar-refractivity contribution in [3.63, 3.8) is 0 Å². The molecule has 0 amide bonds. The van der Waals surface area contributed by atoms with Crippen LogP contribution in [0.15, 0.2) is 18.2 Å². The van der Waals surface area contributed by atoms with Crippen LogP contribution in [0.25, 0.3) is 0 Å². The Labute approximate surface area is 112 Å². The van der Waals surface area contributed by atoms with Gasteiger partial charge in [0.15, 0.2) is 5.78 Å². The van der Waals surface area contributed by atoms with E-state index in [2.05, 4.69) is 5.32 Å². The molecule has 0 bridgehead atoms. The first-order chi connectivity index (χ1) is 8.72. The Morgan fingerprint density at radius 3 is 2.89 bits per heavy atom. The maximum atomic E-state index is 12.0. The summed E-state index contributed by atoms with van der Waals surface area (Å²) in [6.45, 7) is 0.411. The first kappa shape index (κ1) is 13.4. The Bertz CT molecular complexity index is 434. The van der Waals surface area contributed by atoms with Gasteiger partial charge in [-0.2, -0.15) is 0 Å². The molecule has 1 aromatic rings. The Morgan fingerprint density at radius 1 is 1.33 bits per heavy atom. The lowest BCUT2D eigenvalue weighted by molar-refractivity contribution is 0.0982. The molecular formula is C14H18ClNO2. The molecule has 2 rings (SSSR count). The van der Waals surface area contributed by atoms with Gasteiger partial charge in [-0.05, 0) is 30.9 Å². The second kappa shape index (κ2) is 6.21. The zero-order valence-corrected chi connectivity index (χ0v) is 11.0. The van der Waals surface area contributed by atoms with E-state index in [4.69, 9.17) is 11.6 Å². The van der Waals surface area contributed by atoms with Crippen LogP contribution >= 0.6 is 11.6 Å². The number of rotatable bonds is 4. The lowest BCUT2D eigenvalue weighted by atomic mass is 10.00. The van der Waals surface area contributed by atoms with Crippen molar-refractivity contribution < 1.29 is 9.90 Å². The average molecular weight is 268 g/mol. The fraction of sp³-hybridized carbons (Fsp3) is 0.500. The fourth-order valence-corrected chi connectivity index (χ4v) is 2.40. The van der Waals surface area contributed by atoms with E-state index < -0.39 is 6.10 Å². The molecular weight excluding hydrogens is 250 g/mol. The number of Topliss-reactive ketones (excluding diaryl/α,β-unsaturated/α-hetero) is 1. The van der Waals surface area contributed by atoms with Gasteiger partial charge >= 0.3 is 0 Å². The molecule has 0 fully saturated rings. The minimum Gasteiger partial charge on any atom is -0.390 e. The maximum Gasteiger partial charge on any atom is 0.163 e. The predicted octanol–water partition coefficient (Wildman–Crippen LogP) is 2.61. The fourth-order valence-electron chi connectivity index (χ4n) is 2.29. The minimum absolute atomic E-state index is 0.209. The number of fused-ring (bicyclic) bond motifs is 1. The molecule has 3 nitrogen and oxygen atoms in total. The molecule has 18 heavy (non-hydrogen) atoms. The van der Waals surface area contributed by atoms with Gasteiger partial charge in [-0.25, -0.2) is 0 Å². The number of carbonyl (C=O) groups excluding carboxylic acids is 1. The molecule has 1 unspecified atom stereocenters. The molecule has 1 aliphatic carbocycles. The van der Waals surface area contributed by atoms with Crippen LogP contribution in [0.2, 0.25) is 0 Å². The third-order valence-corrected chi connectivity index (χ3v) is 3.62. The zero-order chi connectivity index (χ0) is 13.0. The Morgan fingerprint density at radius 2 is 2.11 bits per heavy atom. The number of hydrogen-bond donors (Lipinski definition) is 2. The molecule has 0 saturated carbocycles. The van der Waals surface area contributed by atoms with Gasteiger partial charge in [-0.1, -0.05) is 12.1 Å². The van der Waals surface area contributed by atoms with Gasteiger partial charge in [0, 0.05) is 24.2 Å². The normalized spacial score (nSPS) is 16.9. The van der Waals surface area contributed by atoms with Crippen molar-refractivity contribution in [2.45, 2.75) is 31.8 Å². The molecule has 0 spiro atoms. The summed E-state index contributed by atoms with van der Waals surface area (Å²) in [5, 5.41) is 12.7. The van der Waals surface area contributed by atoms with E-state index in [1.165, 1.54) is 0 Å². The van der Waals surface area contributed by atoms with Crippen LogP contribution in [-0.2, 0) is 6.42 Å². The van der Waals surface area contributed by atoms with Crippen molar-refractivity contribution in [3.8, 4) is 0 Å². The number of hydrogen-bond acceptors (Lipinski definition) is 3. The summed E-state index contributed by atoms with van der Waals surface area (Å²) in [5.41, 5.74) is 2.87. The van der Waals surface area contributed by atoms with E-state index in [-0.39, 0.29) is 11.7 Å². The summed E-state index contributed by atoms with van der Waals surface area (Å²) in [7, 11) is 0. The van der Waals surface area contributed by atoms with Crippen LogP contribution in [0.4, 0.5) is 5.69 Å². The Balaban J connectivity index is 2.21. The maximum absolute atomic E-state index is 12.0. The number of ketones is 1. The van der Waals surface area contributed by atoms with Gasteiger partial charge < -0.3 is 10.4 Å². The smallest absolute Gasteiger partial charge is 0.163 e. The molecule has 1 aliphatic rings. The SMILES string of the molecule is O=C1CCCCc2c(NCC(O)CCl)cccc21. The van der Waals surface area contributed by atoms with Crippen molar-refractivity contribution in [1.82, 2.24) is 0 Å². The van der Waals surface area contributed by atoms with Gasteiger partial charge in [-0.3, -0.25) is 4.79 Å². The standard InChI is InChI=1S/C14H18ClNO2/c15-8-10(17)9-16-13-6-3-5-12-11(13)4-1-2-7-14(12)18/h3,5-6,10,16-17H,1-2,4,7-9H2. The van der Waals surface area contributed by atoms with Gasteiger partial charge in [0.2, 0.25) is 0 Å². The van der Waals surface area contributed by atoms with Gasteiger partial charge in [0.1, 0.15) is 0 Å². The van der Waals surface area contributed by atoms with Crippen molar-refractivity contribution in [1.29, 1.82) is 0 Å². The second-order valence-electron chi connectivity index (χ2n) is 4.65. The highest BCUT2D eigenvalue weighted by Crippen LogP contribution is 2.27. The zero-order valence-electron chi connectivity index (χ0n) is 10.3. The van der Waals surface area contributed by atoms with Crippen LogP contribution in [0, 0.1) is 0 Å². The molecule has 4 heteroatoms. The monoisotopic (exact) mass is 267 g/mol. The van der Waals surface area contributed by atoms with E-state index in [0.717, 1.165) is 36.1 Å². The number of nitrogens with one attached hydrogen (secondary N) is 1. The summed E-state index contributed by atoms with van der Waals surface area (Å²) in [6.07, 6.45) is 2.98. The molecule has 0 saturated heterocycles. The van der Waals surface area contributed by atoms with Crippen molar-refractivity contribution in [2.24, 2.45) is 0 Å². The summed E-state index contributed by atoms with van der Waals surface area (Å²) in [5.74, 6) is 0.435. The van der Waals surface area contributed by atoms with Crippen molar-refractivity contribution in [3.05, 3.63) is 29.3 Å². The number of benzene rings is 1. The second-order valence-corrected chi connectivity index (χ2v) is 4.96. The molecule has 0 heterocycles. The summed E-state index contributed by atoms with van der Waals surface area (Å²) in [6, 6.07) is 5.74. The van der Waals surface area contributed by atoms with Crippen LogP contribution in [0.1, 0.15) is 35.2 Å². The Kier molecular flexibility index (Phi) is 4.61. The van der Waals surface area contributed by atoms with E-state index in [1.54, 1.807) is 0 Å². The topological polar surface area (TPSA) is 49.3 Å². The number of anilines is 1. The molecule has 1 aromatic carbocycles. The predicted molar refractivity (Wildman–Crippen MR) is 73.5 cm³/mol. The molecule has 98 valence electrons. The third-order valence-electron chi connectivity index (χ3n) is 3.26. The number of halogens is 1. The molecule has 2 N–H and O–H groups in total. The minimum atomic E-state index is -0.566. The van der Waals surface area contributed by atoms with Gasteiger partial charge in [0.25, 0.3) is 0 Å². The highest BCUT2D eigenvalue weighted by Gasteiger charge is 2.18. The number of aliphatic hydroxyl groups excluding tert-OH is 1.